The average molecular weight is 361 g/mol. The fourth-order valence-corrected chi connectivity index (χ4v) is 4.28. The lowest BCUT2D eigenvalue weighted by atomic mass is 9.74. The van der Waals surface area contributed by atoms with Crippen molar-refractivity contribution in [2.75, 3.05) is 25.1 Å². The van der Waals surface area contributed by atoms with Crippen LogP contribution >= 0.6 is 0 Å². The minimum atomic E-state index is -0.922. The topological polar surface area (TPSA) is 85.5 Å². The molecule has 1 spiro atoms. The quantitative estimate of drug-likeness (QED) is 0.696. The Balaban J connectivity index is 1.63. The second kappa shape index (κ2) is 5.03. The summed E-state index contributed by atoms with van der Waals surface area (Å²) in [7, 11) is 0. The standard InChI is InChI=1S/C20H15N3O4/c24-19-20(10-27-15-7-17-16(6-13(15)20)25-4-5-26-17)18-12(11-8-21-22-9-11)2-1-3-14(18)23-19/h1-3,6-9H,4-5,10H2,(H,21,22)(H,23,24). The van der Waals surface area contributed by atoms with Crippen molar-refractivity contribution in [1.29, 1.82) is 0 Å². The third-order valence-corrected chi connectivity index (χ3v) is 5.48. The number of nitrogens with one attached hydrogen (secondary N) is 2. The number of H-pyrrole nitrogens is 1. The van der Waals surface area contributed by atoms with Gasteiger partial charge < -0.3 is 19.5 Å². The van der Waals surface area contributed by atoms with Crippen molar-refractivity contribution in [1.82, 2.24) is 10.2 Å². The number of amides is 1. The number of anilines is 1. The van der Waals surface area contributed by atoms with Gasteiger partial charge in [-0.1, -0.05) is 12.1 Å². The Morgan fingerprint density at radius 2 is 1.89 bits per heavy atom. The fourth-order valence-electron chi connectivity index (χ4n) is 4.28. The highest BCUT2D eigenvalue weighted by molar-refractivity contribution is 6.12. The lowest BCUT2D eigenvalue weighted by molar-refractivity contribution is -0.119. The van der Waals surface area contributed by atoms with Crippen LogP contribution in [0.15, 0.2) is 42.7 Å². The van der Waals surface area contributed by atoms with E-state index in [1.807, 2.05) is 36.5 Å². The van der Waals surface area contributed by atoms with Gasteiger partial charge in [-0.05, 0) is 17.7 Å². The maximum atomic E-state index is 13.2. The molecule has 0 radical (unpaired) electrons. The van der Waals surface area contributed by atoms with Gasteiger partial charge in [0.15, 0.2) is 11.5 Å². The molecule has 3 aromatic rings. The van der Waals surface area contributed by atoms with Gasteiger partial charge in [-0.2, -0.15) is 5.10 Å². The van der Waals surface area contributed by atoms with Crippen LogP contribution < -0.4 is 19.5 Å². The maximum Gasteiger partial charge on any atom is 0.243 e. The molecule has 2 aromatic carbocycles. The Bertz CT molecular complexity index is 1090. The summed E-state index contributed by atoms with van der Waals surface area (Å²) in [6, 6.07) is 9.56. The van der Waals surface area contributed by atoms with E-state index in [9.17, 15) is 4.79 Å². The molecule has 27 heavy (non-hydrogen) atoms. The van der Waals surface area contributed by atoms with Crippen LogP contribution in [0.4, 0.5) is 5.69 Å². The average Bonchev–Trinajstić information content (AvgIpc) is 3.40. The number of carbonyl (C=O) groups is 1. The Labute approximate surface area is 154 Å². The molecular weight excluding hydrogens is 346 g/mol. The van der Waals surface area contributed by atoms with Gasteiger partial charge in [0.25, 0.3) is 0 Å². The summed E-state index contributed by atoms with van der Waals surface area (Å²) in [5.41, 5.74) is 3.46. The molecule has 4 heterocycles. The van der Waals surface area contributed by atoms with Gasteiger partial charge in [-0.3, -0.25) is 9.89 Å². The molecule has 2 N–H and O–H groups in total. The molecule has 134 valence electrons. The first-order valence-corrected chi connectivity index (χ1v) is 8.78. The van der Waals surface area contributed by atoms with E-state index in [0.717, 1.165) is 27.9 Å². The number of rotatable bonds is 1. The predicted molar refractivity (Wildman–Crippen MR) is 96.4 cm³/mol. The van der Waals surface area contributed by atoms with Crippen LogP contribution in [-0.2, 0) is 10.2 Å². The molecule has 1 atom stereocenters. The van der Waals surface area contributed by atoms with Crippen molar-refractivity contribution < 1.29 is 19.0 Å². The number of nitrogens with zero attached hydrogens (tertiary/aromatic N) is 1. The van der Waals surface area contributed by atoms with Gasteiger partial charge in [0, 0.05) is 34.6 Å². The maximum absolute atomic E-state index is 13.2. The number of aromatic nitrogens is 2. The van der Waals surface area contributed by atoms with E-state index in [1.165, 1.54) is 0 Å². The van der Waals surface area contributed by atoms with Crippen molar-refractivity contribution in [3.8, 4) is 28.4 Å². The molecule has 6 rings (SSSR count). The Hall–Kier alpha value is -3.48. The highest BCUT2D eigenvalue weighted by Gasteiger charge is 2.55. The van der Waals surface area contributed by atoms with Gasteiger partial charge in [-0.15, -0.1) is 0 Å². The van der Waals surface area contributed by atoms with Crippen molar-refractivity contribution >= 4 is 11.6 Å². The molecule has 0 saturated heterocycles. The highest BCUT2D eigenvalue weighted by Crippen LogP contribution is 2.55. The van der Waals surface area contributed by atoms with E-state index in [2.05, 4.69) is 15.5 Å². The summed E-state index contributed by atoms with van der Waals surface area (Å²) in [5.74, 6) is 1.86. The largest absolute Gasteiger partial charge is 0.491 e. The number of hydrogen-bond donors (Lipinski definition) is 2. The van der Waals surface area contributed by atoms with E-state index in [0.29, 0.717) is 30.5 Å². The van der Waals surface area contributed by atoms with Crippen LogP contribution in [0.5, 0.6) is 17.2 Å². The second-order valence-corrected chi connectivity index (χ2v) is 6.86. The van der Waals surface area contributed by atoms with Crippen LogP contribution in [0.25, 0.3) is 11.1 Å². The molecule has 3 aliphatic heterocycles. The molecule has 0 fully saturated rings. The van der Waals surface area contributed by atoms with E-state index >= 15 is 0 Å². The summed E-state index contributed by atoms with van der Waals surface area (Å²) in [6.45, 7) is 1.23. The van der Waals surface area contributed by atoms with Crippen LogP contribution in [0.2, 0.25) is 0 Å². The van der Waals surface area contributed by atoms with E-state index in [4.69, 9.17) is 14.2 Å². The number of hydrogen-bond acceptors (Lipinski definition) is 5. The lowest BCUT2D eigenvalue weighted by Gasteiger charge is -2.24. The van der Waals surface area contributed by atoms with Crippen LogP contribution in [0.1, 0.15) is 11.1 Å². The number of ether oxygens (including phenoxy) is 3. The summed E-state index contributed by atoms with van der Waals surface area (Å²) in [6.07, 6.45) is 3.58. The second-order valence-electron chi connectivity index (χ2n) is 6.86. The zero-order valence-corrected chi connectivity index (χ0v) is 14.2. The molecule has 1 amide bonds. The van der Waals surface area contributed by atoms with Gasteiger partial charge in [0.1, 0.15) is 31.0 Å². The first kappa shape index (κ1) is 14.7. The van der Waals surface area contributed by atoms with Gasteiger partial charge in [-0.25, -0.2) is 0 Å². The minimum Gasteiger partial charge on any atom is -0.491 e. The third kappa shape index (κ3) is 1.80. The number of benzene rings is 2. The lowest BCUT2D eigenvalue weighted by Crippen LogP contribution is -2.37. The van der Waals surface area contributed by atoms with E-state index in [-0.39, 0.29) is 12.5 Å². The molecule has 7 heteroatoms. The number of carbonyl (C=O) groups excluding carboxylic acids is 1. The first-order chi connectivity index (χ1) is 13.3. The minimum absolute atomic E-state index is 0.0936. The van der Waals surface area contributed by atoms with Crippen LogP contribution in [-0.4, -0.2) is 35.9 Å². The molecule has 1 unspecified atom stereocenters. The summed E-state index contributed by atoms with van der Waals surface area (Å²) in [4.78, 5) is 13.2. The molecule has 7 nitrogen and oxygen atoms in total. The zero-order chi connectivity index (χ0) is 18.0. The van der Waals surface area contributed by atoms with Crippen molar-refractivity contribution in [3.05, 3.63) is 53.9 Å². The monoisotopic (exact) mass is 361 g/mol. The summed E-state index contributed by atoms with van der Waals surface area (Å²) < 4.78 is 17.4. The van der Waals surface area contributed by atoms with E-state index in [1.54, 1.807) is 6.20 Å². The highest BCUT2D eigenvalue weighted by atomic mass is 16.6. The number of aromatic amines is 1. The van der Waals surface area contributed by atoms with Gasteiger partial charge >= 0.3 is 0 Å². The van der Waals surface area contributed by atoms with Crippen molar-refractivity contribution in [2.45, 2.75) is 5.41 Å². The van der Waals surface area contributed by atoms with Gasteiger partial charge in [0.05, 0.1) is 6.20 Å². The SMILES string of the molecule is O=C1Nc2cccc(-c3cn[nH]c3)c2C12COc1cc3c(cc12)OCCO3. The normalized spacial score (nSPS) is 21.6. The van der Waals surface area contributed by atoms with Crippen molar-refractivity contribution in [2.24, 2.45) is 0 Å². The smallest absolute Gasteiger partial charge is 0.243 e. The third-order valence-electron chi connectivity index (χ3n) is 5.48. The Kier molecular flexibility index (Phi) is 2.73. The molecule has 0 saturated carbocycles. The van der Waals surface area contributed by atoms with Crippen molar-refractivity contribution in [3.63, 3.8) is 0 Å². The molecular formula is C20H15N3O4. The van der Waals surface area contributed by atoms with Crippen LogP contribution in [0.3, 0.4) is 0 Å². The molecule has 3 aliphatic rings. The molecule has 1 aromatic heterocycles. The molecule has 0 aliphatic carbocycles. The molecule has 0 bridgehead atoms. The Morgan fingerprint density at radius 1 is 1.04 bits per heavy atom. The fraction of sp³-hybridized carbons (Fsp3) is 0.200. The van der Waals surface area contributed by atoms with E-state index < -0.39 is 5.41 Å². The zero-order valence-electron chi connectivity index (χ0n) is 14.2. The first-order valence-electron chi connectivity index (χ1n) is 8.78. The summed E-state index contributed by atoms with van der Waals surface area (Å²) in [5, 5.41) is 9.94. The van der Waals surface area contributed by atoms with Gasteiger partial charge in [0.2, 0.25) is 5.91 Å². The predicted octanol–water partition coefficient (Wildman–Crippen LogP) is 2.48. The number of fused-ring (bicyclic) bond motifs is 5. The Morgan fingerprint density at radius 3 is 2.70 bits per heavy atom. The summed E-state index contributed by atoms with van der Waals surface area (Å²) >= 11 is 0. The van der Waals surface area contributed by atoms with Crippen LogP contribution in [0, 0.1) is 0 Å².